The zero-order valence-electron chi connectivity index (χ0n) is 11.1. The molecule has 0 radical (unpaired) electrons. The number of fused-ring (bicyclic) bond motifs is 1. The number of nitriles is 1. The van der Waals surface area contributed by atoms with Crippen molar-refractivity contribution in [1.82, 2.24) is 0 Å². The molecule has 19 heavy (non-hydrogen) atoms. The van der Waals surface area contributed by atoms with Crippen molar-refractivity contribution < 1.29 is 0 Å². The van der Waals surface area contributed by atoms with Gasteiger partial charge in [0, 0.05) is 17.9 Å². The lowest BCUT2D eigenvalue weighted by atomic mass is 9.99. The summed E-state index contributed by atoms with van der Waals surface area (Å²) in [4.78, 5) is 2.35. The number of rotatable bonds is 1. The fourth-order valence-corrected chi connectivity index (χ4v) is 2.71. The summed E-state index contributed by atoms with van der Waals surface area (Å²) in [5, 5.41) is 8.86. The molecule has 0 spiro atoms. The highest BCUT2D eigenvalue weighted by Crippen LogP contribution is 2.33. The lowest BCUT2D eigenvalue weighted by molar-refractivity contribution is 0.766. The summed E-state index contributed by atoms with van der Waals surface area (Å²) >= 11 is 0. The van der Waals surface area contributed by atoms with Gasteiger partial charge in [0.25, 0.3) is 0 Å². The largest absolute Gasteiger partial charge is 0.341 e. The van der Waals surface area contributed by atoms with E-state index < -0.39 is 0 Å². The molecule has 0 amide bonds. The molecule has 0 atom stereocenters. The van der Waals surface area contributed by atoms with Gasteiger partial charge in [-0.15, -0.1) is 0 Å². The molecule has 2 nitrogen and oxygen atoms in total. The first-order chi connectivity index (χ1) is 9.28. The van der Waals surface area contributed by atoms with Gasteiger partial charge < -0.3 is 4.90 Å². The van der Waals surface area contributed by atoms with E-state index in [1.54, 1.807) is 0 Å². The zero-order valence-corrected chi connectivity index (χ0v) is 11.1. The Hall–Kier alpha value is -2.27. The molecule has 3 rings (SSSR count). The lowest BCUT2D eigenvalue weighted by Crippen LogP contribution is -2.24. The van der Waals surface area contributed by atoms with Crippen molar-refractivity contribution in [1.29, 1.82) is 5.26 Å². The van der Waals surface area contributed by atoms with Crippen molar-refractivity contribution in [3.63, 3.8) is 0 Å². The van der Waals surface area contributed by atoms with E-state index in [0.29, 0.717) is 5.56 Å². The minimum atomic E-state index is 0.713. The van der Waals surface area contributed by atoms with Gasteiger partial charge in [-0.2, -0.15) is 5.26 Å². The second-order valence-electron chi connectivity index (χ2n) is 5.05. The Balaban J connectivity index is 2.01. The van der Waals surface area contributed by atoms with Crippen LogP contribution in [0.2, 0.25) is 0 Å². The molecule has 0 saturated carbocycles. The summed E-state index contributed by atoms with van der Waals surface area (Å²) in [5.41, 5.74) is 5.94. The Kier molecular flexibility index (Phi) is 2.97. The van der Waals surface area contributed by atoms with Crippen molar-refractivity contribution in [2.45, 2.75) is 19.8 Å². The van der Waals surface area contributed by atoms with Crippen LogP contribution in [0, 0.1) is 18.3 Å². The Morgan fingerprint density at radius 2 is 1.89 bits per heavy atom. The van der Waals surface area contributed by atoms with E-state index in [-0.39, 0.29) is 0 Å². The third-order valence-electron chi connectivity index (χ3n) is 3.66. The SMILES string of the molecule is Cc1ccc2c(c1)CCCN2c1ccc(C#N)cc1. The third kappa shape index (κ3) is 2.20. The highest BCUT2D eigenvalue weighted by atomic mass is 15.1. The summed E-state index contributed by atoms with van der Waals surface area (Å²) in [6.07, 6.45) is 2.33. The van der Waals surface area contributed by atoms with Gasteiger partial charge in [-0.05, 0) is 55.7 Å². The van der Waals surface area contributed by atoms with Crippen molar-refractivity contribution in [3.05, 3.63) is 59.2 Å². The number of hydrogen-bond donors (Lipinski definition) is 0. The Bertz CT molecular complexity index is 635. The van der Waals surface area contributed by atoms with Gasteiger partial charge in [-0.3, -0.25) is 0 Å². The standard InChI is InChI=1S/C17H16N2/c1-13-4-9-17-15(11-13)3-2-10-19(17)16-7-5-14(12-18)6-8-16/h4-9,11H,2-3,10H2,1H3. The second-order valence-corrected chi connectivity index (χ2v) is 5.05. The first-order valence-corrected chi connectivity index (χ1v) is 6.65. The molecule has 0 unspecified atom stereocenters. The lowest BCUT2D eigenvalue weighted by Gasteiger charge is -2.31. The maximum atomic E-state index is 8.86. The minimum absolute atomic E-state index is 0.713. The average Bonchev–Trinajstić information content (AvgIpc) is 2.46. The smallest absolute Gasteiger partial charge is 0.0991 e. The molecule has 2 aromatic carbocycles. The van der Waals surface area contributed by atoms with Crippen LogP contribution in [0.5, 0.6) is 0 Å². The Morgan fingerprint density at radius 3 is 2.63 bits per heavy atom. The van der Waals surface area contributed by atoms with E-state index in [4.69, 9.17) is 5.26 Å². The average molecular weight is 248 g/mol. The van der Waals surface area contributed by atoms with Crippen LogP contribution in [0.3, 0.4) is 0 Å². The third-order valence-corrected chi connectivity index (χ3v) is 3.66. The molecule has 1 heterocycles. The van der Waals surface area contributed by atoms with Crippen LogP contribution < -0.4 is 4.90 Å². The summed E-state index contributed by atoms with van der Waals surface area (Å²) in [6.45, 7) is 3.18. The predicted octanol–water partition coefficient (Wildman–Crippen LogP) is 3.95. The highest BCUT2D eigenvalue weighted by Gasteiger charge is 2.17. The first-order valence-electron chi connectivity index (χ1n) is 6.65. The molecule has 2 aromatic rings. The Morgan fingerprint density at radius 1 is 1.11 bits per heavy atom. The number of nitrogens with zero attached hydrogens (tertiary/aromatic N) is 2. The maximum absolute atomic E-state index is 8.86. The molecule has 0 saturated heterocycles. The molecule has 1 aliphatic rings. The fraction of sp³-hybridized carbons (Fsp3) is 0.235. The normalized spacial score (nSPS) is 13.8. The number of benzene rings is 2. The molecule has 94 valence electrons. The molecule has 2 heteroatoms. The second kappa shape index (κ2) is 4.78. The summed E-state index contributed by atoms with van der Waals surface area (Å²) < 4.78 is 0. The summed E-state index contributed by atoms with van der Waals surface area (Å²) in [6, 6.07) is 16.7. The van der Waals surface area contributed by atoms with Gasteiger partial charge >= 0.3 is 0 Å². The van der Waals surface area contributed by atoms with Crippen LogP contribution >= 0.6 is 0 Å². The van der Waals surface area contributed by atoms with E-state index in [1.165, 1.54) is 28.9 Å². The maximum Gasteiger partial charge on any atom is 0.0991 e. The van der Waals surface area contributed by atoms with Gasteiger partial charge in [0.2, 0.25) is 0 Å². The van der Waals surface area contributed by atoms with Gasteiger partial charge in [0.15, 0.2) is 0 Å². The van der Waals surface area contributed by atoms with E-state index in [0.717, 1.165) is 13.0 Å². The minimum Gasteiger partial charge on any atom is -0.341 e. The quantitative estimate of drug-likeness (QED) is 0.764. The number of aryl methyl sites for hydroxylation is 2. The van der Waals surface area contributed by atoms with Crippen LogP contribution in [-0.2, 0) is 6.42 Å². The summed E-state index contributed by atoms with van der Waals surface area (Å²) in [7, 11) is 0. The van der Waals surface area contributed by atoms with Gasteiger partial charge in [-0.1, -0.05) is 17.7 Å². The zero-order chi connectivity index (χ0) is 13.2. The summed E-state index contributed by atoms with van der Waals surface area (Å²) in [5.74, 6) is 0. The van der Waals surface area contributed by atoms with Crippen LogP contribution in [0.1, 0.15) is 23.1 Å². The number of anilines is 2. The molecule has 0 aromatic heterocycles. The molecule has 0 aliphatic carbocycles. The van der Waals surface area contributed by atoms with Crippen molar-refractivity contribution in [2.75, 3.05) is 11.4 Å². The highest BCUT2D eigenvalue weighted by molar-refractivity contribution is 5.68. The van der Waals surface area contributed by atoms with Crippen molar-refractivity contribution in [2.24, 2.45) is 0 Å². The molecule has 0 N–H and O–H groups in total. The molecular formula is C17H16N2. The van der Waals surface area contributed by atoms with Crippen LogP contribution in [0.15, 0.2) is 42.5 Å². The molecule has 0 fully saturated rings. The topological polar surface area (TPSA) is 27.0 Å². The molecule has 0 bridgehead atoms. The molecule has 1 aliphatic heterocycles. The van der Waals surface area contributed by atoms with Crippen LogP contribution in [0.25, 0.3) is 0 Å². The monoisotopic (exact) mass is 248 g/mol. The Labute approximate surface area is 113 Å². The predicted molar refractivity (Wildman–Crippen MR) is 77.7 cm³/mol. The van der Waals surface area contributed by atoms with E-state index in [1.807, 2.05) is 24.3 Å². The van der Waals surface area contributed by atoms with E-state index in [2.05, 4.69) is 36.1 Å². The van der Waals surface area contributed by atoms with Crippen molar-refractivity contribution in [3.8, 4) is 6.07 Å². The van der Waals surface area contributed by atoms with E-state index in [9.17, 15) is 0 Å². The van der Waals surface area contributed by atoms with Crippen molar-refractivity contribution >= 4 is 11.4 Å². The van der Waals surface area contributed by atoms with Crippen LogP contribution in [0.4, 0.5) is 11.4 Å². The first kappa shape index (κ1) is 11.8. The van der Waals surface area contributed by atoms with Gasteiger partial charge in [0.1, 0.15) is 0 Å². The molecular weight excluding hydrogens is 232 g/mol. The van der Waals surface area contributed by atoms with Gasteiger partial charge in [0.05, 0.1) is 11.6 Å². The fourth-order valence-electron chi connectivity index (χ4n) is 2.71. The van der Waals surface area contributed by atoms with E-state index >= 15 is 0 Å². The van der Waals surface area contributed by atoms with Crippen LogP contribution in [-0.4, -0.2) is 6.54 Å². The van der Waals surface area contributed by atoms with Gasteiger partial charge in [-0.25, -0.2) is 0 Å². The number of hydrogen-bond acceptors (Lipinski definition) is 2.